The second-order valence-electron chi connectivity index (χ2n) is 4.08. The second kappa shape index (κ2) is 4.99. The molecule has 16 heavy (non-hydrogen) atoms. The highest BCUT2D eigenvalue weighted by atomic mass is 16.4. The van der Waals surface area contributed by atoms with Crippen molar-refractivity contribution in [2.75, 3.05) is 0 Å². The monoisotopic (exact) mass is 216 g/mol. The topological polar surface area (TPSA) is 33.4 Å². The lowest BCUT2D eigenvalue weighted by Gasteiger charge is -2.15. The summed E-state index contributed by atoms with van der Waals surface area (Å²) >= 11 is 0. The average molecular weight is 216 g/mol. The van der Waals surface area contributed by atoms with Crippen molar-refractivity contribution in [3.05, 3.63) is 60.1 Å². The van der Waals surface area contributed by atoms with E-state index in [0.29, 0.717) is 18.1 Å². The molecule has 0 radical (unpaired) electrons. The summed E-state index contributed by atoms with van der Waals surface area (Å²) in [4.78, 5) is 0. The molecule has 2 heteroatoms. The van der Waals surface area contributed by atoms with Crippen LogP contribution in [0.2, 0.25) is 0 Å². The Morgan fingerprint density at radius 3 is 2.50 bits per heavy atom. The van der Waals surface area contributed by atoms with E-state index in [1.807, 2.05) is 24.3 Å². The molecule has 2 rings (SSSR count). The van der Waals surface area contributed by atoms with Gasteiger partial charge in [-0.15, -0.1) is 0 Å². The smallest absolute Gasteiger partial charge is 0.132 e. The number of hydrogen-bond donors (Lipinski definition) is 1. The van der Waals surface area contributed by atoms with Gasteiger partial charge in [0.25, 0.3) is 0 Å². The van der Waals surface area contributed by atoms with E-state index in [9.17, 15) is 5.11 Å². The van der Waals surface area contributed by atoms with E-state index in [1.54, 1.807) is 12.3 Å². The van der Waals surface area contributed by atoms with E-state index in [-0.39, 0.29) is 0 Å². The lowest BCUT2D eigenvalue weighted by molar-refractivity contribution is 0.133. The highest BCUT2D eigenvalue weighted by Crippen LogP contribution is 2.27. The molecule has 0 saturated heterocycles. The summed E-state index contributed by atoms with van der Waals surface area (Å²) in [7, 11) is 0. The van der Waals surface area contributed by atoms with Crippen molar-refractivity contribution < 1.29 is 9.52 Å². The third-order valence-corrected chi connectivity index (χ3v) is 2.82. The van der Waals surface area contributed by atoms with Gasteiger partial charge in [-0.1, -0.05) is 37.3 Å². The normalized spacial score (nSPS) is 14.6. The highest BCUT2D eigenvalue weighted by molar-refractivity contribution is 5.19. The number of furan rings is 1. The van der Waals surface area contributed by atoms with Gasteiger partial charge in [-0.3, -0.25) is 0 Å². The quantitative estimate of drug-likeness (QED) is 0.848. The third-order valence-electron chi connectivity index (χ3n) is 2.82. The van der Waals surface area contributed by atoms with Crippen LogP contribution in [-0.2, 0) is 0 Å². The first-order valence-corrected chi connectivity index (χ1v) is 5.54. The van der Waals surface area contributed by atoms with Gasteiger partial charge in [0, 0.05) is 0 Å². The molecule has 2 atom stereocenters. The molecule has 0 fully saturated rings. The van der Waals surface area contributed by atoms with Crippen LogP contribution in [0.1, 0.15) is 36.7 Å². The molecule has 2 aromatic rings. The van der Waals surface area contributed by atoms with Crippen LogP contribution >= 0.6 is 0 Å². The molecule has 84 valence electrons. The lowest BCUT2D eigenvalue weighted by atomic mass is 9.94. The van der Waals surface area contributed by atoms with Crippen LogP contribution in [0.5, 0.6) is 0 Å². The van der Waals surface area contributed by atoms with E-state index in [0.717, 1.165) is 0 Å². The molecular weight excluding hydrogens is 200 g/mol. The lowest BCUT2D eigenvalue weighted by Crippen LogP contribution is -2.02. The fourth-order valence-corrected chi connectivity index (χ4v) is 1.85. The Morgan fingerprint density at radius 1 is 1.12 bits per heavy atom. The summed E-state index contributed by atoms with van der Waals surface area (Å²) in [5.41, 5.74) is 1.24. The van der Waals surface area contributed by atoms with Crippen molar-refractivity contribution in [2.45, 2.75) is 25.4 Å². The molecule has 0 saturated carbocycles. The summed E-state index contributed by atoms with van der Waals surface area (Å²) in [6, 6.07) is 13.8. The van der Waals surface area contributed by atoms with Gasteiger partial charge in [-0.2, -0.15) is 0 Å². The summed E-state index contributed by atoms with van der Waals surface area (Å²) < 4.78 is 5.18. The standard InChI is InChI=1S/C14H16O2/c1-11(12-6-3-2-4-7-12)10-13(15)14-8-5-9-16-14/h2-9,11,13,15H,10H2,1H3. The van der Waals surface area contributed by atoms with Crippen molar-refractivity contribution in [2.24, 2.45) is 0 Å². The molecule has 0 aliphatic heterocycles. The molecule has 0 amide bonds. The van der Waals surface area contributed by atoms with E-state index < -0.39 is 6.10 Å². The van der Waals surface area contributed by atoms with Crippen LogP contribution in [-0.4, -0.2) is 5.11 Å². The highest BCUT2D eigenvalue weighted by Gasteiger charge is 2.15. The van der Waals surface area contributed by atoms with Crippen molar-refractivity contribution in [3.63, 3.8) is 0 Å². The van der Waals surface area contributed by atoms with E-state index in [4.69, 9.17) is 4.42 Å². The van der Waals surface area contributed by atoms with Crippen molar-refractivity contribution in [1.29, 1.82) is 0 Å². The van der Waals surface area contributed by atoms with Gasteiger partial charge in [0.1, 0.15) is 11.9 Å². The minimum Gasteiger partial charge on any atom is -0.467 e. The van der Waals surface area contributed by atoms with Crippen LogP contribution in [0, 0.1) is 0 Å². The molecule has 0 aliphatic rings. The molecule has 1 aromatic heterocycles. The Labute approximate surface area is 95.5 Å². The van der Waals surface area contributed by atoms with Gasteiger partial charge in [0.2, 0.25) is 0 Å². The van der Waals surface area contributed by atoms with Crippen LogP contribution < -0.4 is 0 Å². The Hall–Kier alpha value is -1.54. The zero-order chi connectivity index (χ0) is 11.4. The SMILES string of the molecule is CC(CC(O)c1ccco1)c1ccccc1. The van der Waals surface area contributed by atoms with Crippen molar-refractivity contribution >= 4 is 0 Å². The maximum absolute atomic E-state index is 9.95. The minimum atomic E-state index is -0.523. The second-order valence-corrected chi connectivity index (χ2v) is 4.08. The molecule has 0 bridgehead atoms. The molecule has 1 heterocycles. The Bertz CT molecular complexity index is 406. The molecule has 1 aromatic carbocycles. The first-order chi connectivity index (χ1) is 7.77. The van der Waals surface area contributed by atoms with E-state index >= 15 is 0 Å². The maximum atomic E-state index is 9.95. The van der Waals surface area contributed by atoms with E-state index in [2.05, 4.69) is 19.1 Å². The van der Waals surface area contributed by atoms with Crippen LogP contribution in [0.15, 0.2) is 53.1 Å². The number of aliphatic hydroxyl groups is 1. The fourth-order valence-electron chi connectivity index (χ4n) is 1.85. The largest absolute Gasteiger partial charge is 0.467 e. The molecule has 2 nitrogen and oxygen atoms in total. The first kappa shape index (κ1) is 11.0. The van der Waals surface area contributed by atoms with Crippen molar-refractivity contribution in [3.8, 4) is 0 Å². The zero-order valence-electron chi connectivity index (χ0n) is 9.34. The Balaban J connectivity index is 2.00. The zero-order valence-corrected chi connectivity index (χ0v) is 9.34. The Kier molecular flexibility index (Phi) is 3.42. The fraction of sp³-hybridized carbons (Fsp3) is 0.286. The average Bonchev–Trinajstić information content (AvgIpc) is 2.83. The molecule has 1 N–H and O–H groups in total. The minimum absolute atomic E-state index is 0.321. The summed E-state index contributed by atoms with van der Waals surface area (Å²) in [5.74, 6) is 0.962. The van der Waals surface area contributed by atoms with Crippen LogP contribution in [0.25, 0.3) is 0 Å². The van der Waals surface area contributed by atoms with Crippen LogP contribution in [0.4, 0.5) is 0 Å². The number of rotatable bonds is 4. The molecule has 2 unspecified atom stereocenters. The Morgan fingerprint density at radius 2 is 1.88 bits per heavy atom. The number of hydrogen-bond acceptors (Lipinski definition) is 2. The van der Waals surface area contributed by atoms with Gasteiger partial charge < -0.3 is 9.52 Å². The van der Waals surface area contributed by atoms with Gasteiger partial charge >= 0.3 is 0 Å². The number of aliphatic hydroxyl groups excluding tert-OH is 1. The molecule has 0 spiro atoms. The van der Waals surface area contributed by atoms with Gasteiger partial charge in [0.05, 0.1) is 6.26 Å². The van der Waals surface area contributed by atoms with Gasteiger partial charge in [-0.25, -0.2) is 0 Å². The van der Waals surface area contributed by atoms with Gasteiger partial charge in [-0.05, 0) is 30.0 Å². The first-order valence-electron chi connectivity index (χ1n) is 5.54. The van der Waals surface area contributed by atoms with Crippen molar-refractivity contribution in [1.82, 2.24) is 0 Å². The number of benzene rings is 1. The summed E-state index contributed by atoms with van der Waals surface area (Å²) in [6.07, 6.45) is 1.74. The predicted octanol–water partition coefficient (Wildman–Crippen LogP) is 3.51. The third kappa shape index (κ3) is 2.52. The molecule has 0 aliphatic carbocycles. The summed E-state index contributed by atoms with van der Waals surface area (Å²) in [5, 5.41) is 9.95. The molecular formula is C14H16O2. The summed E-state index contributed by atoms with van der Waals surface area (Å²) in [6.45, 7) is 2.11. The predicted molar refractivity (Wildman–Crippen MR) is 63.1 cm³/mol. The van der Waals surface area contributed by atoms with E-state index in [1.165, 1.54) is 5.56 Å². The van der Waals surface area contributed by atoms with Crippen LogP contribution in [0.3, 0.4) is 0 Å². The maximum Gasteiger partial charge on any atom is 0.132 e. The van der Waals surface area contributed by atoms with Gasteiger partial charge in [0.15, 0.2) is 0 Å².